The predicted molar refractivity (Wildman–Crippen MR) is 31.0 cm³/mol. The third-order valence-electron chi connectivity index (χ3n) is 0.749. The van der Waals surface area contributed by atoms with Gasteiger partial charge in [-0.3, -0.25) is 0 Å². The van der Waals surface area contributed by atoms with Crippen LogP contribution < -0.4 is 17.0 Å². The monoisotopic (exact) mass is 113 g/mol. The smallest absolute Gasteiger partial charge is 0.129 e. The fourth-order valence-corrected chi connectivity index (χ4v) is 0.418. The highest BCUT2D eigenvalue weighted by molar-refractivity contribution is 6.01. The van der Waals surface area contributed by atoms with E-state index < -0.39 is 0 Å². The van der Waals surface area contributed by atoms with Crippen molar-refractivity contribution in [3.8, 4) is 0 Å². The third-order valence-corrected chi connectivity index (χ3v) is 0.749. The van der Waals surface area contributed by atoms with Crippen molar-refractivity contribution in [3.63, 3.8) is 0 Å². The molecule has 0 aromatic carbocycles. The van der Waals surface area contributed by atoms with Crippen molar-refractivity contribution in [1.82, 2.24) is 5.53 Å². The Morgan fingerprint density at radius 1 is 1.25 bits per heavy atom. The predicted octanol–water partition coefficient (Wildman–Crippen LogP) is -1.48. The summed E-state index contributed by atoms with van der Waals surface area (Å²) in [5.74, 6) is 0.940. The molecule has 0 spiro atoms. The second-order valence-corrected chi connectivity index (χ2v) is 1.48. The Hall–Kier alpha value is -1.26. The van der Waals surface area contributed by atoms with E-state index >= 15 is 0 Å². The van der Waals surface area contributed by atoms with E-state index in [2.05, 4.69) is 15.7 Å². The molecule has 0 aromatic rings. The maximum Gasteiger partial charge on any atom is 0.129 e. The van der Waals surface area contributed by atoms with Gasteiger partial charge in [0.05, 0.1) is 6.42 Å². The Morgan fingerprint density at radius 3 is 2.00 bits per heavy atom. The van der Waals surface area contributed by atoms with Gasteiger partial charge in [-0.1, -0.05) is 0 Å². The summed E-state index contributed by atoms with van der Waals surface area (Å²) in [5, 5.41) is 7.11. The van der Waals surface area contributed by atoms with E-state index in [4.69, 9.17) is 11.5 Å². The summed E-state index contributed by atoms with van der Waals surface area (Å²) in [6, 6.07) is 0. The van der Waals surface area contributed by atoms with E-state index in [0.29, 0.717) is 18.1 Å². The minimum atomic E-state index is 0.465. The first kappa shape index (κ1) is 4.89. The Kier molecular flexibility index (Phi) is 1.03. The van der Waals surface area contributed by atoms with E-state index in [-0.39, 0.29) is 0 Å². The van der Waals surface area contributed by atoms with Crippen LogP contribution in [0.2, 0.25) is 0 Å². The lowest BCUT2D eigenvalue weighted by Gasteiger charge is -2.04. The van der Waals surface area contributed by atoms with E-state index in [1.54, 1.807) is 0 Å². The molecule has 0 saturated carbocycles. The molecule has 1 aliphatic rings. The maximum atomic E-state index is 5.25. The zero-order valence-corrected chi connectivity index (χ0v) is 4.26. The van der Waals surface area contributed by atoms with Gasteiger partial charge in [0.15, 0.2) is 0 Å². The Morgan fingerprint density at radius 2 is 1.75 bits per heavy atom. The molecule has 8 heavy (non-hydrogen) atoms. The van der Waals surface area contributed by atoms with Gasteiger partial charge in [-0.25, -0.2) is 0 Å². The Bertz CT molecular complexity index is 130. The van der Waals surface area contributed by atoms with Crippen LogP contribution in [0.1, 0.15) is 6.42 Å². The second-order valence-electron chi connectivity index (χ2n) is 1.48. The van der Waals surface area contributed by atoms with Crippen molar-refractivity contribution < 1.29 is 0 Å². The van der Waals surface area contributed by atoms with E-state index in [1.165, 1.54) is 0 Å². The van der Waals surface area contributed by atoms with Crippen molar-refractivity contribution in [3.05, 3.63) is 0 Å². The van der Waals surface area contributed by atoms with Crippen molar-refractivity contribution >= 4 is 11.7 Å². The van der Waals surface area contributed by atoms with Crippen LogP contribution in [0.4, 0.5) is 0 Å². The van der Waals surface area contributed by atoms with Crippen LogP contribution in [0.5, 0.6) is 0 Å². The molecular formula is C3H7N5. The summed E-state index contributed by atoms with van der Waals surface area (Å²) >= 11 is 0. The molecule has 0 fully saturated rings. The summed E-state index contributed by atoms with van der Waals surface area (Å²) in [6.45, 7) is 0. The molecule has 0 unspecified atom stereocenters. The number of rotatable bonds is 0. The van der Waals surface area contributed by atoms with Crippen LogP contribution in [0, 0.1) is 0 Å². The van der Waals surface area contributed by atoms with Gasteiger partial charge in [0.1, 0.15) is 11.7 Å². The first-order valence-electron chi connectivity index (χ1n) is 2.18. The Labute approximate surface area is 46.4 Å². The number of nitrogens with two attached hydrogens (primary N) is 2. The average Bonchev–Trinajstić information content (AvgIpc) is 1.64. The average molecular weight is 113 g/mol. The number of hydrazone groups is 2. The van der Waals surface area contributed by atoms with Crippen molar-refractivity contribution in [2.24, 2.45) is 21.7 Å². The minimum absolute atomic E-state index is 0.465. The molecule has 5 heteroatoms. The fraction of sp³-hybridized carbons (Fsp3) is 0.333. The fourth-order valence-electron chi connectivity index (χ4n) is 0.418. The normalized spacial score (nSPS) is 18.5. The molecule has 44 valence electrons. The molecule has 1 heterocycles. The molecule has 0 radical (unpaired) electrons. The standard InChI is InChI=1S/C3H7N5/c4-2-1-3(5)7-8-6-2/h8H,1H2,(H2,4,6)(H2,5,7). The van der Waals surface area contributed by atoms with Gasteiger partial charge >= 0.3 is 0 Å². The number of hydrogen-bond donors (Lipinski definition) is 3. The van der Waals surface area contributed by atoms with Crippen LogP contribution in [-0.2, 0) is 0 Å². The molecule has 0 amide bonds. The molecule has 1 aliphatic heterocycles. The Balaban J connectivity index is 2.57. The molecule has 1 rings (SSSR count). The first-order chi connectivity index (χ1) is 3.79. The molecule has 0 aromatic heterocycles. The van der Waals surface area contributed by atoms with Crippen LogP contribution in [0.15, 0.2) is 10.2 Å². The van der Waals surface area contributed by atoms with Gasteiger partial charge in [-0.2, -0.15) is 5.53 Å². The van der Waals surface area contributed by atoms with Crippen molar-refractivity contribution in [2.75, 3.05) is 0 Å². The highest BCUT2D eigenvalue weighted by Gasteiger charge is 2.00. The highest BCUT2D eigenvalue weighted by Crippen LogP contribution is 1.84. The highest BCUT2D eigenvalue weighted by atomic mass is 15.5. The maximum absolute atomic E-state index is 5.25. The van der Waals surface area contributed by atoms with E-state index in [1.807, 2.05) is 0 Å². The SMILES string of the molecule is NC1=NNN=C(N)C1. The summed E-state index contributed by atoms with van der Waals surface area (Å²) in [5.41, 5.74) is 12.8. The quantitative estimate of drug-likeness (QED) is 0.358. The molecule has 0 saturated heterocycles. The van der Waals surface area contributed by atoms with Gasteiger partial charge in [0, 0.05) is 0 Å². The van der Waals surface area contributed by atoms with Gasteiger partial charge in [-0.15, -0.1) is 10.2 Å². The molecule has 0 atom stereocenters. The largest absolute Gasteiger partial charge is 0.385 e. The van der Waals surface area contributed by atoms with Crippen LogP contribution in [-0.4, -0.2) is 11.7 Å². The van der Waals surface area contributed by atoms with Crippen molar-refractivity contribution in [2.45, 2.75) is 6.42 Å². The van der Waals surface area contributed by atoms with Gasteiger partial charge in [0.2, 0.25) is 0 Å². The minimum Gasteiger partial charge on any atom is -0.385 e. The zero-order valence-electron chi connectivity index (χ0n) is 4.26. The van der Waals surface area contributed by atoms with Crippen molar-refractivity contribution in [1.29, 1.82) is 0 Å². The molecule has 5 N–H and O–H groups in total. The topological polar surface area (TPSA) is 88.8 Å². The summed E-state index contributed by atoms with van der Waals surface area (Å²) in [4.78, 5) is 0. The lowest BCUT2D eigenvalue weighted by molar-refractivity contribution is 0.782. The van der Waals surface area contributed by atoms with Crippen LogP contribution in [0.25, 0.3) is 0 Å². The van der Waals surface area contributed by atoms with E-state index in [0.717, 1.165) is 0 Å². The second kappa shape index (κ2) is 1.69. The number of amidine groups is 2. The van der Waals surface area contributed by atoms with E-state index in [9.17, 15) is 0 Å². The molecule has 5 nitrogen and oxygen atoms in total. The van der Waals surface area contributed by atoms with Gasteiger partial charge in [-0.05, 0) is 0 Å². The number of hydrogen-bond acceptors (Lipinski definition) is 5. The number of nitrogens with zero attached hydrogens (tertiary/aromatic N) is 2. The zero-order chi connectivity index (χ0) is 5.98. The van der Waals surface area contributed by atoms with Crippen LogP contribution >= 0.6 is 0 Å². The van der Waals surface area contributed by atoms with Gasteiger partial charge < -0.3 is 11.5 Å². The lowest BCUT2D eigenvalue weighted by Crippen LogP contribution is -2.29. The molecular weight excluding hydrogens is 106 g/mol. The summed E-state index contributed by atoms with van der Waals surface area (Å²) in [7, 11) is 0. The van der Waals surface area contributed by atoms with Gasteiger partial charge in [0.25, 0.3) is 0 Å². The molecule has 0 bridgehead atoms. The number of nitrogens with one attached hydrogen (secondary N) is 1. The summed E-state index contributed by atoms with van der Waals surface area (Å²) in [6.07, 6.45) is 0.465. The molecule has 0 aliphatic carbocycles. The summed E-state index contributed by atoms with van der Waals surface area (Å²) < 4.78 is 0. The van der Waals surface area contributed by atoms with Crippen LogP contribution in [0.3, 0.4) is 0 Å². The first-order valence-corrected chi connectivity index (χ1v) is 2.18. The lowest BCUT2D eigenvalue weighted by atomic mass is 10.4. The third kappa shape index (κ3) is 0.868.